The lowest BCUT2D eigenvalue weighted by Crippen LogP contribution is -2.04. The summed E-state index contributed by atoms with van der Waals surface area (Å²) >= 11 is 6.00. The Morgan fingerprint density at radius 2 is 1.80 bits per heavy atom. The van der Waals surface area contributed by atoms with Gasteiger partial charge in [-0.1, -0.05) is 29.8 Å². The molecule has 0 amide bonds. The summed E-state index contributed by atoms with van der Waals surface area (Å²) in [7, 11) is 0. The van der Waals surface area contributed by atoms with E-state index in [0.717, 1.165) is 12.1 Å². The van der Waals surface area contributed by atoms with Crippen molar-refractivity contribution in [2.24, 2.45) is 0 Å². The smallest absolute Gasteiger partial charge is 0.290 e. The lowest BCUT2D eigenvalue weighted by molar-refractivity contribution is -0.137. The van der Waals surface area contributed by atoms with Crippen molar-refractivity contribution < 1.29 is 13.2 Å². The average Bonchev–Trinajstić information content (AvgIpc) is 2.83. The fourth-order valence-corrected chi connectivity index (χ4v) is 2.18. The minimum atomic E-state index is -4.37. The van der Waals surface area contributed by atoms with Gasteiger partial charge in [0.05, 0.1) is 11.3 Å². The average molecular weight is 297 g/mol. The lowest BCUT2D eigenvalue weighted by Gasteiger charge is -2.07. The van der Waals surface area contributed by atoms with Gasteiger partial charge in [-0.15, -0.1) is 0 Å². The van der Waals surface area contributed by atoms with Crippen LogP contribution >= 0.6 is 11.6 Å². The molecule has 0 N–H and O–H groups in total. The van der Waals surface area contributed by atoms with Crippen LogP contribution in [0, 0.1) is 0 Å². The third-order valence-corrected chi connectivity index (χ3v) is 3.24. The molecule has 102 valence electrons. The Morgan fingerprint density at radius 3 is 2.50 bits per heavy atom. The molecule has 3 rings (SSSR count). The molecule has 3 aromatic rings. The summed E-state index contributed by atoms with van der Waals surface area (Å²) in [5, 5.41) is 0.452. The summed E-state index contributed by atoms with van der Waals surface area (Å²) < 4.78 is 39.7. The number of nitrogens with zero attached hydrogens (tertiary/aromatic N) is 2. The van der Waals surface area contributed by atoms with Gasteiger partial charge in [0.25, 0.3) is 0 Å². The number of imidazole rings is 1. The Hall–Kier alpha value is -2.01. The molecule has 0 aliphatic carbocycles. The maximum atomic E-state index is 12.7. The van der Waals surface area contributed by atoms with Crippen LogP contribution in [-0.4, -0.2) is 9.38 Å². The summed E-state index contributed by atoms with van der Waals surface area (Å²) in [6, 6.07) is 10.2. The molecule has 2 nitrogen and oxygen atoms in total. The molecule has 1 aromatic carbocycles. The Kier molecular flexibility index (Phi) is 2.94. The van der Waals surface area contributed by atoms with Crippen LogP contribution in [0.15, 0.2) is 48.7 Å². The van der Waals surface area contributed by atoms with E-state index >= 15 is 0 Å². The number of aromatic nitrogens is 2. The Labute approximate surface area is 117 Å². The van der Waals surface area contributed by atoms with Gasteiger partial charge in [0.15, 0.2) is 0 Å². The SMILES string of the molecule is FC(F)(F)c1cccc(-c2cn3c(Cl)cccc3n2)c1. The minimum absolute atomic E-state index is 0.402. The zero-order valence-corrected chi connectivity index (χ0v) is 10.8. The van der Waals surface area contributed by atoms with E-state index in [4.69, 9.17) is 11.6 Å². The van der Waals surface area contributed by atoms with Crippen LogP contribution in [0.4, 0.5) is 13.2 Å². The topological polar surface area (TPSA) is 17.3 Å². The molecule has 2 heterocycles. The van der Waals surface area contributed by atoms with E-state index in [1.54, 1.807) is 34.9 Å². The fraction of sp³-hybridized carbons (Fsp3) is 0.0714. The first-order chi connectivity index (χ1) is 9.45. The van der Waals surface area contributed by atoms with Gasteiger partial charge in [-0.25, -0.2) is 4.98 Å². The zero-order chi connectivity index (χ0) is 14.3. The number of pyridine rings is 1. The predicted octanol–water partition coefficient (Wildman–Crippen LogP) is 4.67. The van der Waals surface area contributed by atoms with Crippen LogP contribution in [0.2, 0.25) is 5.15 Å². The number of halogens is 4. The molecule has 0 fully saturated rings. The molecule has 0 bridgehead atoms. The van der Waals surface area contributed by atoms with Gasteiger partial charge in [0, 0.05) is 11.8 Å². The second-order valence-corrected chi connectivity index (χ2v) is 4.67. The van der Waals surface area contributed by atoms with Gasteiger partial charge < -0.3 is 0 Å². The van der Waals surface area contributed by atoms with Gasteiger partial charge in [0.1, 0.15) is 10.8 Å². The first-order valence-electron chi connectivity index (χ1n) is 5.76. The monoisotopic (exact) mass is 296 g/mol. The van der Waals surface area contributed by atoms with Gasteiger partial charge >= 0.3 is 6.18 Å². The van der Waals surface area contributed by atoms with Gasteiger partial charge in [-0.05, 0) is 24.3 Å². The van der Waals surface area contributed by atoms with Crippen molar-refractivity contribution in [2.75, 3.05) is 0 Å². The second-order valence-electron chi connectivity index (χ2n) is 4.28. The Morgan fingerprint density at radius 1 is 1.05 bits per heavy atom. The standard InChI is InChI=1S/C14H8ClF3N2/c15-12-5-2-6-13-19-11(8-20(12)13)9-3-1-4-10(7-9)14(16,17)18/h1-8H. The molecular weight excluding hydrogens is 289 g/mol. The number of rotatable bonds is 1. The van der Waals surface area contributed by atoms with Crippen molar-refractivity contribution in [2.45, 2.75) is 6.18 Å². The highest BCUT2D eigenvalue weighted by molar-refractivity contribution is 6.29. The first kappa shape index (κ1) is 13.0. The molecule has 2 aromatic heterocycles. The molecule has 0 aliphatic rings. The highest BCUT2D eigenvalue weighted by Gasteiger charge is 2.30. The molecule has 0 saturated carbocycles. The number of alkyl halides is 3. The number of hydrogen-bond donors (Lipinski definition) is 0. The third kappa shape index (κ3) is 2.25. The van der Waals surface area contributed by atoms with Crippen LogP contribution < -0.4 is 0 Å². The van der Waals surface area contributed by atoms with Crippen molar-refractivity contribution in [3.8, 4) is 11.3 Å². The molecular formula is C14H8ClF3N2. The molecule has 0 radical (unpaired) electrons. The van der Waals surface area contributed by atoms with Gasteiger partial charge in [0.2, 0.25) is 0 Å². The minimum Gasteiger partial charge on any atom is -0.290 e. The maximum Gasteiger partial charge on any atom is 0.416 e. The quantitative estimate of drug-likeness (QED) is 0.596. The van der Waals surface area contributed by atoms with Crippen molar-refractivity contribution >= 4 is 17.2 Å². The molecule has 6 heteroatoms. The third-order valence-electron chi connectivity index (χ3n) is 2.93. The first-order valence-corrected chi connectivity index (χ1v) is 6.14. The normalized spacial score (nSPS) is 12.0. The van der Waals surface area contributed by atoms with E-state index in [1.165, 1.54) is 6.07 Å². The predicted molar refractivity (Wildman–Crippen MR) is 70.6 cm³/mol. The zero-order valence-electron chi connectivity index (χ0n) is 10.0. The molecule has 20 heavy (non-hydrogen) atoms. The summed E-state index contributed by atoms with van der Waals surface area (Å²) in [5.41, 5.74) is 0.742. The van der Waals surface area contributed by atoms with E-state index < -0.39 is 11.7 Å². The summed E-state index contributed by atoms with van der Waals surface area (Å²) in [6.07, 6.45) is -2.75. The number of hydrogen-bond acceptors (Lipinski definition) is 1. The van der Waals surface area contributed by atoms with Crippen molar-refractivity contribution in [1.29, 1.82) is 0 Å². The summed E-state index contributed by atoms with van der Waals surface area (Å²) in [4.78, 5) is 4.28. The van der Waals surface area contributed by atoms with E-state index in [-0.39, 0.29) is 0 Å². The molecule has 0 aliphatic heterocycles. The van der Waals surface area contributed by atoms with Crippen LogP contribution in [0.25, 0.3) is 16.9 Å². The van der Waals surface area contributed by atoms with Crippen molar-refractivity contribution in [3.05, 3.63) is 59.4 Å². The Bertz CT molecular complexity index is 777. The summed E-state index contributed by atoms with van der Waals surface area (Å²) in [6.45, 7) is 0. The van der Waals surface area contributed by atoms with Gasteiger partial charge in [-0.3, -0.25) is 4.40 Å². The van der Waals surface area contributed by atoms with E-state index in [1.807, 2.05) is 0 Å². The highest BCUT2D eigenvalue weighted by atomic mass is 35.5. The molecule has 0 saturated heterocycles. The summed E-state index contributed by atoms with van der Waals surface area (Å²) in [5.74, 6) is 0. The molecule has 0 unspecified atom stereocenters. The number of fused-ring (bicyclic) bond motifs is 1. The lowest BCUT2D eigenvalue weighted by atomic mass is 10.1. The number of benzene rings is 1. The van der Waals surface area contributed by atoms with Gasteiger partial charge in [-0.2, -0.15) is 13.2 Å². The van der Waals surface area contributed by atoms with E-state index in [0.29, 0.717) is 22.1 Å². The van der Waals surface area contributed by atoms with E-state index in [2.05, 4.69) is 4.98 Å². The molecule has 0 spiro atoms. The van der Waals surface area contributed by atoms with Crippen LogP contribution in [0.1, 0.15) is 5.56 Å². The molecule has 0 atom stereocenters. The van der Waals surface area contributed by atoms with Crippen molar-refractivity contribution in [3.63, 3.8) is 0 Å². The largest absolute Gasteiger partial charge is 0.416 e. The maximum absolute atomic E-state index is 12.7. The van der Waals surface area contributed by atoms with Crippen molar-refractivity contribution in [1.82, 2.24) is 9.38 Å². The fourth-order valence-electron chi connectivity index (χ4n) is 1.97. The highest BCUT2D eigenvalue weighted by Crippen LogP contribution is 2.32. The van der Waals surface area contributed by atoms with Crippen LogP contribution in [0.3, 0.4) is 0 Å². The Balaban J connectivity index is 2.14. The van der Waals surface area contributed by atoms with Crippen LogP contribution in [-0.2, 0) is 6.18 Å². The second kappa shape index (κ2) is 4.52. The van der Waals surface area contributed by atoms with Crippen LogP contribution in [0.5, 0.6) is 0 Å². The van der Waals surface area contributed by atoms with E-state index in [9.17, 15) is 13.2 Å².